The van der Waals surface area contributed by atoms with Crippen LogP contribution in [0, 0.1) is 17.8 Å². The van der Waals surface area contributed by atoms with Gasteiger partial charge in [0.2, 0.25) is 0 Å². The number of aliphatic imine (C=N–C) groups is 1. The van der Waals surface area contributed by atoms with Crippen molar-refractivity contribution in [2.75, 3.05) is 60.0 Å². The van der Waals surface area contributed by atoms with Gasteiger partial charge < -0.3 is 19.9 Å². The standard InChI is InChI=1S/C19H38N4O/c1-16-11-17(2)13-23(12-16)9-6-5-8-21-19(20-3)22(4)14-18-7-10-24-15-18/h16-18H,5-15H2,1-4H3,(H,20,21). The normalized spacial score (nSPS) is 29.0. The average molecular weight is 339 g/mol. The number of hydrogen-bond acceptors (Lipinski definition) is 3. The highest BCUT2D eigenvalue weighted by Gasteiger charge is 2.21. The van der Waals surface area contributed by atoms with Crippen molar-refractivity contribution in [3.05, 3.63) is 0 Å². The predicted octanol–water partition coefficient (Wildman–Crippen LogP) is 2.29. The molecular weight excluding hydrogens is 300 g/mol. The van der Waals surface area contributed by atoms with Gasteiger partial charge in [0.1, 0.15) is 0 Å². The Bertz CT molecular complexity index is 372. The Morgan fingerprint density at radius 3 is 2.62 bits per heavy atom. The first-order valence-electron chi connectivity index (χ1n) is 9.80. The van der Waals surface area contributed by atoms with E-state index in [4.69, 9.17) is 4.74 Å². The number of hydrogen-bond donors (Lipinski definition) is 1. The summed E-state index contributed by atoms with van der Waals surface area (Å²) in [6, 6.07) is 0. The van der Waals surface area contributed by atoms with E-state index in [1.807, 2.05) is 7.05 Å². The van der Waals surface area contributed by atoms with Crippen molar-refractivity contribution >= 4 is 5.96 Å². The van der Waals surface area contributed by atoms with Crippen molar-refractivity contribution in [3.8, 4) is 0 Å². The molecule has 2 fully saturated rings. The fraction of sp³-hybridized carbons (Fsp3) is 0.947. The number of nitrogens with one attached hydrogen (secondary N) is 1. The van der Waals surface area contributed by atoms with Crippen LogP contribution in [0.1, 0.15) is 39.5 Å². The number of likely N-dealkylation sites (tertiary alicyclic amines) is 1. The van der Waals surface area contributed by atoms with Gasteiger partial charge in [-0.1, -0.05) is 13.8 Å². The number of guanidine groups is 1. The van der Waals surface area contributed by atoms with E-state index < -0.39 is 0 Å². The fourth-order valence-electron chi connectivity index (χ4n) is 4.22. The average Bonchev–Trinajstić information content (AvgIpc) is 3.02. The molecule has 0 bridgehead atoms. The maximum atomic E-state index is 5.47. The van der Waals surface area contributed by atoms with Gasteiger partial charge >= 0.3 is 0 Å². The molecule has 2 saturated heterocycles. The lowest BCUT2D eigenvalue weighted by molar-refractivity contribution is 0.139. The Labute approximate surface area is 148 Å². The zero-order valence-electron chi connectivity index (χ0n) is 16.3. The molecule has 3 atom stereocenters. The minimum atomic E-state index is 0.650. The fourth-order valence-corrected chi connectivity index (χ4v) is 4.22. The van der Waals surface area contributed by atoms with E-state index in [0.29, 0.717) is 5.92 Å². The van der Waals surface area contributed by atoms with Crippen LogP contribution in [0.5, 0.6) is 0 Å². The molecule has 2 aliphatic rings. The van der Waals surface area contributed by atoms with Crippen LogP contribution >= 0.6 is 0 Å². The molecular formula is C19H38N4O. The number of ether oxygens (including phenoxy) is 1. The molecule has 5 heteroatoms. The summed E-state index contributed by atoms with van der Waals surface area (Å²) in [7, 11) is 4.00. The van der Waals surface area contributed by atoms with Crippen LogP contribution in [0.2, 0.25) is 0 Å². The Kier molecular flexibility index (Phi) is 8.33. The van der Waals surface area contributed by atoms with E-state index >= 15 is 0 Å². The van der Waals surface area contributed by atoms with E-state index in [1.165, 1.54) is 45.3 Å². The monoisotopic (exact) mass is 338 g/mol. The molecule has 2 aliphatic heterocycles. The van der Waals surface area contributed by atoms with E-state index in [2.05, 4.69) is 41.0 Å². The van der Waals surface area contributed by atoms with Gasteiger partial charge in [-0.05, 0) is 44.1 Å². The minimum absolute atomic E-state index is 0.650. The van der Waals surface area contributed by atoms with E-state index in [1.54, 1.807) is 0 Å². The van der Waals surface area contributed by atoms with Crippen LogP contribution in [0.25, 0.3) is 0 Å². The Morgan fingerprint density at radius 2 is 2.00 bits per heavy atom. The SMILES string of the molecule is CN=C(NCCCCN1CC(C)CC(C)C1)N(C)CC1CCOC1. The molecule has 0 aliphatic carbocycles. The molecule has 5 nitrogen and oxygen atoms in total. The van der Waals surface area contributed by atoms with Crippen molar-refractivity contribution in [1.82, 2.24) is 15.1 Å². The van der Waals surface area contributed by atoms with E-state index in [-0.39, 0.29) is 0 Å². The van der Waals surface area contributed by atoms with Crippen molar-refractivity contribution in [3.63, 3.8) is 0 Å². The summed E-state index contributed by atoms with van der Waals surface area (Å²) < 4.78 is 5.47. The van der Waals surface area contributed by atoms with Crippen LogP contribution in [0.15, 0.2) is 4.99 Å². The Hall–Kier alpha value is -0.810. The van der Waals surface area contributed by atoms with Gasteiger partial charge in [0, 0.05) is 52.8 Å². The summed E-state index contributed by atoms with van der Waals surface area (Å²) in [6.45, 7) is 12.4. The molecule has 0 aromatic carbocycles. The second-order valence-corrected chi connectivity index (χ2v) is 8.00. The lowest BCUT2D eigenvalue weighted by atomic mass is 9.92. The smallest absolute Gasteiger partial charge is 0.193 e. The van der Waals surface area contributed by atoms with Crippen LogP contribution in [-0.2, 0) is 4.74 Å². The van der Waals surface area contributed by atoms with E-state index in [9.17, 15) is 0 Å². The molecule has 0 spiro atoms. The summed E-state index contributed by atoms with van der Waals surface area (Å²) >= 11 is 0. The highest BCUT2D eigenvalue weighted by molar-refractivity contribution is 5.79. The molecule has 0 aromatic rings. The van der Waals surface area contributed by atoms with E-state index in [0.717, 1.165) is 44.1 Å². The minimum Gasteiger partial charge on any atom is -0.381 e. The molecule has 2 rings (SSSR count). The highest BCUT2D eigenvalue weighted by atomic mass is 16.5. The summed E-state index contributed by atoms with van der Waals surface area (Å²) in [5, 5.41) is 3.52. The molecule has 3 unspecified atom stereocenters. The Balaban J connectivity index is 1.58. The number of rotatable bonds is 7. The van der Waals surface area contributed by atoms with Gasteiger partial charge in [0.15, 0.2) is 5.96 Å². The van der Waals surface area contributed by atoms with Crippen molar-refractivity contribution in [2.45, 2.75) is 39.5 Å². The molecule has 0 saturated carbocycles. The zero-order chi connectivity index (χ0) is 17.4. The predicted molar refractivity (Wildman–Crippen MR) is 102 cm³/mol. The van der Waals surface area contributed by atoms with Gasteiger partial charge in [-0.25, -0.2) is 0 Å². The molecule has 0 amide bonds. The summed E-state index contributed by atoms with van der Waals surface area (Å²) in [4.78, 5) is 9.31. The quantitative estimate of drug-likeness (QED) is 0.439. The first-order valence-corrected chi connectivity index (χ1v) is 9.80. The van der Waals surface area contributed by atoms with Crippen LogP contribution in [0.3, 0.4) is 0 Å². The van der Waals surface area contributed by atoms with Gasteiger partial charge in [-0.15, -0.1) is 0 Å². The van der Waals surface area contributed by atoms with Gasteiger partial charge in [-0.3, -0.25) is 4.99 Å². The van der Waals surface area contributed by atoms with Crippen molar-refractivity contribution in [1.29, 1.82) is 0 Å². The molecule has 1 N–H and O–H groups in total. The van der Waals surface area contributed by atoms with Crippen molar-refractivity contribution in [2.24, 2.45) is 22.7 Å². The third-order valence-corrected chi connectivity index (χ3v) is 5.26. The second-order valence-electron chi connectivity index (χ2n) is 8.00. The molecule has 0 radical (unpaired) electrons. The number of piperidine rings is 1. The Morgan fingerprint density at radius 1 is 1.25 bits per heavy atom. The number of unbranched alkanes of at least 4 members (excludes halogenated alkanes) is 1. The topological polar surface area (TPSA) is 40.1 Å². The van der Waals surface area contributed by atoms with Gasteiger partial charge in [0.25, 0.3) is 0 Å². The molecule has 2 heterocycles. The van der Waals surface area contributed by atoms with Crippen LogP contribution in [-0.4, -0.2) is 75.8 Å². The zero-order valence-corrected chi connectivity index (χ0v) is 16.3. The third kappa shape index (κ3) is 6.60. The molecule has 24 heavy (non-hydrogen) atoms. The lowest BCUT2D eigenvalue weighted by Crippen LogP contribution is -2.42. The summed E-state index contributed by atoms with van der Waals surface area (Å²) in [5.74, 6) is 3.39. The van der Waals surface area contributed by atoms with Crippen molar-refractivity contribution < 1.29 is 4.74 Å². The van der Waals surface area contributed by atoms with Gasteiger partial charge in [-0.2, -0.15) is 0 Å². The van der Waals surface area contributed by atoms with Crippen LogP contribution < -0.4 is 5.32 Å². The lowest BCUT2D eigenvalue weighted by Gasteiger charge is -2.35. The molecule has 140 valence electrons. The second kappa shape index (κ2) is 10.2. The largest absolute Gasteiger partial charge is 0.381 e. The highest BCUT2D eigenvalue weighted by Crippen LogP contribution is 2.21. The first-order chi connectivity index (χ1) is 11.6. The number of nitrogens with zero attached hydrogens (tertiary/aromatic N) is 3. The first kappa shape index (κ1) is 19.5. The maximum absolute atomic E-state index is 5.47. The summed E-state index contributed by atoms with van der Waals surface area (Å²) in [6.07, 6.45) is 5.04. The summed E-state index contributed by atoms with van der Waals surface area (Å²) in [5.41, 5.74) is 0. The van der Waals surface area contributed by atoms with Crippen LogP contribution in [0.4, 0.5) is 0 Å². The molecule has 0 aromatic heterocycles. The third-order valence-electron chi connectivity index (χ3n) is 5.26. The maximum Gasteiger partial charge on any atom is 0.193 e. The van der Waals surface area contributed by atoms with Gasteiger partial charge in [0.05, 0.1) is 6.61 Å².